The number of hydrogen-bond donors (Lipinski definition) is 2. The van der Waals surface area contributed by atoms with Gasteiger partial charge in [0.05, 0.1) is 18.1 Å². The zero-order valence-corrected chi connectivity index (χ0v) is 13.1. The Hall–Kier alpha value is -1.20. The van der Waals surface area contributed by atoms with Gasteiger partial charge in [0, 0.05) is 11.8 Å². The van der Waals surface area contributed by atoms with Gasteiger partial charge in [-0.2, -0.15) is 0 Å². The van der Waals surface area contributed by atoms with Crippen LogP contribution in [0.2, 0.25) is 0 Å². The van der Waals surface area contributed by atoms with Crippen LogP contribution in [-0.2, 0) is 0 Å². The van der Waals surface area contributed by atoms with Gasteiger partial charge < -0.3 is 15.0 Å². The molecule has 4 nitrogen and oxygen atoms in total. The van der Waals surface area contributed by atoms with Gasteiger partial charge >= 0.3 is 0 Å². The summed E-state index contributed by atoms with van der Waals surface area (Å²) in [4.78, 5) is 7.91. The molecule has 0 aliphatic rings. The number of nitrogens with one attached hydrogen (secondary N) is 2. The number of aromatic amines is 1. The highest BCUT2D eigenvalue weighted by Crippen LogP contribution is 2.23. The number of methoxy groups -OCH3 is 1. The summed E-state index contributed by atoms with van der Waals surface area (Å²) in [6.45, 7) is 4.43. The van der Waals surface area contributed by atoms with E-state index >= 15 is 0 Å². The zero-order valence-electron chi connectivity index (χ0n) is 12.2. The molecule has 0 unspecified atom stereocenters. The molecule has 2 aromatic rings. The SMILES string of the molecule is CCCNCCCCSc1nc2ccc(OC)cc2[nH]1. The van der Waals surface area contributed by atoms with Gasteiger partial charge in [0.2, 0.25) is 0 Å². The molecular formula is C15H23N3OS. The highest BCUT2D eigenvalue weighted by atomic mass is 32.2. The lowest BCUT2D eigenvalue weighted by molar-refractivity contribution is 0.415. The van der Waals surface area contributed by atoms with Gasteiger partial charge in [0.25, 0.3) is 0 Å². The average molecular weight is 293 g/mol. The van der Waals surface area contributed by atoms with E-state index in [0.29, 0.717) is 0 Å². The summed E-state index contributed by atoms with van der Waals surface area (Å²) in [6, 6.07) is 5.92. The van der Waals surface area contributed by atoms with E-state index in [1.165, 1.54) is 19.3 Å². The Morgan fingerprint density at radius 2 is 2.20 bits per heavy atom. The standard InChI is InChI=1S/C15H23N3OS/c1-3-8-16-9-4-5-10-20-15-17-13-7-6-12(19-2)11-14(13)18-15/h6-7,11,16H,3-5,8-10H2,1-2H3,(H,17,18). The molecular weight excluding hydrogens is 270 g/mol. The number of ether oxygens (including phenoxy) is 1. The Bertz CT molecular complexity index is 527. The molecule has 110 valence electrons. The van der Waals surface area contributed by atoms with Crippen molar-refractivity contribution in [3.05, 3.63) is 18.2 Å². The molecule has 20 heavy (non-hydrogen) atoms. The Kier molecular flexibility index (Phi) is 6.21. The lowest BCUT2D eigenvalue weighted by atomic mass is 10.3. The highest BCUT2D eigenvalue weighted by molar-refractivity contribution is 7.99. The van der Waals surface area contributed by atoms with Crippen molar-refractivity contribution in [1.29, 1.82) is 0 Å². The molecule has 0 saturated carbocycles. The minimum atomic E-state index is 0.861. The fourth-order valence-corrected chi connectivity index (χ4v) is 2.87. The molecule has 0 aliphatic heterocycles. The highest BCUT2D eigenvalue weighted by Gasteiger charge is 2.04. The first-order valence-corrected chi connectivity index (χ1v) is 8.19. The van der Waals surface area contributed by atoms with Crippen molar-refractivity contribution in [3.63, 3.8) is 0 Å². The summed E-state index contributed by atoms with van der Waals surface area (Å²) in [6.07, 6.45) is 3.64. The van der Waals surface area contributed by atoms with Gasteiger partial charge in [-0.3, -0.25) is 0 Å². The van der Waals surface area contributed by atoms with Gasteiger partial charge in [-0.25, -0.2) is 4.98 Å². The van der Waals surface area contributed by atoms with E-state index in [4.69, 9.17) is 4.74 Å². The summed E-state index contributed by atoms with van der Waals surface area (Å²) < 4.78 is 5.22. The van der Waals surface area contributed by atoms with Gasteiger partial charge in [0.1, 0.15) is 5.75 Å². The van der Waals surface area contributed by atoms with Crippen LogP contribution in [0.25, 0.3) is 11.0 Å². The Balaban J connectivity index is 1.76. The summed E-state index contributed by atoms with van der Waals surface area (Å²) >= 11 is 1.79. The summed E-state index contributed by atoms with van der Waals surface area (Å²) in [5, 5.41) is 4.42. The first-order valence-electron chi connectivity index (χ1n) is 7.20. The predicted octanol–water partition coefficient (Wildman–Crippen LogP) is 3.44. The molecule has 1 heterocycles. The van der Waals surface area contributed by atoms with Crippen LogP contribution in [0.5, 0.6) is 5.75 Å². The lowest BCUT2D eigenvalue weighted by Crippen LogP contribution is -2.15. The number of aromatic nitrogens is 2. The second-order valence-electron chi connectivity index (χ2n) is 4.73. The summed E-state index contributed by atoms with van der Waals surface area (Å²) in [5.74, 6) is 1.96. The largest absolute Gasteiger partial charge is 0.497 e. The molecule has 0 spiro atoms. The van der Waals surface area contributed by atoms with Crippen LogP contribution >= 0.6 is 11.8 Å². The van der Waals surface area contributed by atoms with E-state index in [9.17, 15) is 0 Å². The molecule has 0 radical (unpaired) electrons. The van der Waals surface area contributed by atoms with E-state index in [0.717, 1.165) is 40.8 Å². The number of unbranched alkanes of at least 4 members (excludes halogenated alkanes) is 1. The Morgan fingerprint density at radius 1 is 1.30 bits per heavy atom. The van der Waals surface area contributed by atoms with Gasteiger partial charge in [-0.1, -0.05) is 18.7 Å². The van der Waals surface area contributed by atoms with Gasteiger partial charge in [0.15, 0.2) is 5.16 Å². The number of hydrogen-bond acceptors (Lipinski definition) is 4. The van der Waals surface area contributed by atoms with Crippen molar-refractivity contribution in [3.8, 4) is 5.75 Å². The second-order valence-corrected chi connectivity index (χ2v) is 5.81. The third-order valence-corrected chi connectivity index (χ3v) is 4.04. The molecule has 5 heteroatoms. The van der Waals surface area contributed by atoms with Crippen molar-refractivity contribution < 1.29 is 4.74 Å². The first kappa shape index (κ1) is 15.2. The van der Waals surface area contributed by atoms with E-state index < -0.39 is 0 Å². The van der Waals surface area contributed by atoms with Crippen molar-refractivity contribution in [2.75, 3.05) is 26.0 Å². The van der Waals surface area contributed by atoms with Crippen LogP contribution in [0, 0.1) is 0 Å². The molecule has 0 bridgehead atoms. The Morgan fingerprint density at radius 3 is 3.00 bits per heavy atom. The molecule has 2 N–H and O–H groups in total. The number of nitrogens with zero attached hydrogens (tertiary/aromatic N) is 1. The second kappa shape index (κ2) is 8.17. The number of benzene rings is 1. The van der Waals surface area contributed by atoms with Crippen LogP contribution in [0.3, 0.4) is 0 Å². The zero-order chi connectivity index (χ0) is 14.2. The summed E-state index contributed by atoms with van der Waals surface area (Å²) in [5.41, 5.74) is 2.04. The smallest absolute Gasteiger partial charge is 0.166 e. The maximum Gasteiger partial charge on any atom is 0.166 e. The molecule has 0 atom stereocenters. The lowest BCUT2D eigenvalue weighted by Gasteiger charge is -2.01. The van der Waals surface area contributed by atoms with Crippen LogP contribution in [0.1, 0.15) is 26.2 Å². The number of rotatable bonds is 9. The fourth-order valence-electron chi connectivity index (χ4n) is 1.98. The van der Waals surface area contributed by atoms with Crippen molar-refractivity contribution in [2.45, 2.75) is 31.3 Å². The topological polar surface area (TPSA) is 49.9 Å². The monoisotopic (exact) mass is 293 g/mol. The number of H-pyrrole nitrogens is 1. The number of fused-ring (bicyclic) bond motifs is 1. The van der Waals surface area contributed by atoms with Crippen molar-refractivity contribution in [2.24, 2.45) is 0 Å². The maximum atomic E-state index is 5.22. The van der Waals surface area contributed by atoms with Crippen LogP contribution in [0.15, 0.2) is 23.4 Å². The molecule has 2 rings (SSSR count). The molecule has 1 aromatic carbocycles. The third-order valence-electron chi connectivity index (χ3n) is 3.08. The van der Waals surface area contributed by atoms with E-state index in [2.05, 4.69) is 22.2 Å². The molecule has 0 amide bonds. The first-order chi connectivity index (χ1) is 9.83. The Labute approximate surface area is 124 Å². The summed E-state index contributed by atoms with van der Waals surface area (Å²) in [7, 11) is 1.68. The third kappa shape index (κ3) is 4.42. The molecule has 0 aliphatic carbocycles. The quantitative estimate of drug-likeness (QED) is 0.549. The molecule has 0 saturated heterocycles. The maximum absolute atomic E-state index is 5.22. The van der Waals surface area contributed by atoms with Gasteiger partial charge in [-0.15, -0.1) is 0 Å². The van der Waals surface area contributed by atoms with Crippen LogP contribution < -0.4 is 10.1 Å². The average Bonchev–Trinajstić information content (AvgIpc) is 2.87. The number of imidazole rings is 1. The van der Waals surface area contributed by atoms with Crippen LogP contribution in [0.4, 0.5) is 0 Å². The van der Waals surface area contributed by atoms with Gasteiger partial charge in [-0.05, 0) is 44.5 Å². The molecule has 1 aromatic heterocycles. The normalized spacial score (nSPS) is 11.1. The minimum absolute atomic E-state index is 0.861. The minimum Gasteiger partial charge on any atom is -0.497 e. The van der Waals surface area contributed by atoms with E-state index in [1.807, 2.05) is 18.2 Å². The van der Waals surface area contributed by atoms with Crippen molar-refractivity contribution >= 4 is 22.8 Å². The predicted molar refractivity (Wildman–Crippen MR) is 85.8 cm³/mol. The van der Waals surface area contributed by atoms with Crippen LogP contribution in [-0.4, -0.2) is 35.9 Å². The van der Waals surface area contributed by atoms with E-state index in [-0.39, 0.29) is 0 Å². The molecule has 0 fully saturated rings. The van der Waals surface area contributed by atoms with E-state index in [1.54, 1.807) is 18.9 Å². The fraction of sp³-hybridized carbons (Fsp3) is 0.533. The van der Waals surface area contributed by atoms with Crippen molar-refractivity contribution in [1.82, 2.24) is 15.3 Å². The number of thioether (sulfide) groups is 1.